The average molecular weight is 270 g/mol. The van der Waals surface area contributed by atoms with Crippen molar-refractivity contribution in [2.75, 3.05) is 6.61 Å². The number of ether oxygens (including phenoxy) is 2. The normalized spacial score (nSPS) is 39.1. The maximum Gasteiger partial charge on any atom is 0.303 e. The molecule has 5 atom stereocenters. The Morgan fingerprint density at radius 2 is 2.26 bits per heavy atom. The van der Waals surface area contributed by atoms with Crippen LogP contribution in [0.2, 0.25) is 0 Å². The van der Waals surface area contributed by atoms with E-state index in [0.717, 1.165) is 19.3 Å². The van der Waals surface area contributed by atoms with E-state index in [1.807, 2.05) is 0 Å². The van der Waals surface area contributed by atoms with Gasteiger partial charge in [0.25, 0.3) is 0 Å². The Labute approximate surface area is 113 Å². The lowest BCUT2D eigenvalue weighted by molar-refractivity contribution is -0.193. The predicted octanol–water partition coefficient (Wildman–Crippen LogP) is 1.56. The standard InChI is InChI=1S/C14H22O5/c1-2-9-10(7-13(16)17)11(15)8-12(9)19-14-5-3-4-6-18-14/h2,9-12,14-15H,1,3-8H2,(H,16,17)/t9-,10-,11+,12-,14?/m1/s1. The van der Waals surface area contributed by atoms with Crippen molar-refractivity contribution in [2.45, 2.75) is 50.6 Å². The molecule has 0 amide bonds. The maximum atomic E-state index is 10.8. The van der Waals surface area contributed by atoms with E-state index in [-0.39, 0.29) is 30.7 Å². The number of carboxylic acids is 1. The summed E-state index contributed by atoms with van der Waals surface area (Å²) in [4.78, 5) is 10.8. The fraction of sp³-hybridized carbons (Fsp3) is 0.786. The Bertz CT molecular complexity index is 324. The van der Waals surface area contributed by atoms with Crippen LogP contribution in [0.15, 0.2) is 12.7 Å². The van der Waals surface area contributed by atoms with Gasteiger partial charge in [-0.3, -0.25) is 4.79 Å². The van der Waals surface area contributed by atoms with Gasteiger partial charge in [-0.1, -0.05) is 6.08 Å². The molecule has 1 unspecified atom stereocenters. The number of hydrogen-bond donors (Lipinski definition) is 2. The summed E-state index contributed by atoms with van der Waals surface area (Å²) in [6.45, 7) is 4.46. The third-order valence-corrected chi connectivity index (χ3v) is 4.04. The van der Waals surface area contributed by atoms with E-state index in [2.05, 4.69) is 6.58 Å². The highest BCUT2D eigenvalue weighted by Crippen LogP contribution is 2.38. The lowest BCUT2D eigenvalue weighted by Crippen LogP contribution is -2.31. The van der Waals surface area contributed by atoms with E-state index in [1.54, 1.807) is 6.08 Å². The Morgan fingerprint density at radius 3 is 2.84 bits per heavy atom. The Morgan fingerprint density at radius 1 is 1.47 bits per heavy atom. The molecule has 1 aliphatic heterocycles. The number of rotatable bonds is 5. The fourth-order valence-electron chi connectivity index (χ4n) is 3.06. The zero-order valence-electron chi connectivity index (χ0n) is 11.0. The number of hydrogen-bond acceptors (Lipinski definition) is 4. The minimum atomic E-state index is -0.898. The number of aliphatic carboxylic acids is 1. The van der Waals surface area contributed by atoms with Crippen LogP contribution in [0.4, 0.5) is 0 Å². The van der Waals surface area contributed by atoms with Crippen LogP contribution in [0, 0.1) is 11.8 Å². The zero-order chi connectivity index (χ0) is 13.8. The molecule has 2 fully saturated rings. The second-order valence-electron chi connectivity index (χ2n) is 5.35. The third-order valence-electron chi connectivity index (χ3n) is 4.04. The van der Waals surface area contributed by atoms with Crippen molar-refractivity contribution >= 4 is 5.97 Å². The van der Waals surface area contributed by atoms with Gasteiger partial charge in [0.15, 0.2) is 6.29 Å². The Balaban J connectivity index is 1.96. The first-order chi connectivity index (χ1) is 9.11. The molecule has 0 spiro atoms. The van der Waals surface area contributed by atoms with Crippen molar-refractivity contribution in [2.24, 2.45) is 11.8 Å². The van der Waals surface area contributed by atoms with Crippen LogP contribution in [0.3, 0.4) is 0 Å². The lowest BCUT2D eigenvalue weighted by Gasteiger charge is -2.28. The molecule has 2 rings (SSSR count). The van der Waals surface area contributed by atoms with Crippen molar-refractivity contribution in [3.63, 3.8) is 0 Å². The van der Waals surface area contributed by atoms with Gasteiger partial charge in [-0.05, 0) is 19.3 Å². The summed E-state index contributed by atoms with van der Waals surface area (Å²) in [5.41, 5.74) is 0. The Hall–Kier alpha value is -0.910. The van der Waals surface area contributed by atoms with Gasteiger partial charge < -0.3 is 19.7 Å². The summed E-state index contributed by atoms with van der Waals surface area (Å²) in [5, 5.41) is 18.9. The minimum absolute atomic E-state index is 0.0523. The van der Waals surface area contributed by atoms with Gasteiger partial charge in [-0.2, -0.15) is 0 Å². The third kappa shape index (κ3) is 3.55. The number of aliphatic hydroxyl groups excluding tert-OH is 1. The van der Waals surface area contributed by atoms with Gasteiger partial charge in [-0.15, -0.1) is 6.58 Å². The lowest BCUT2D eigenvalue weighted by atomic mass is 9.91. The number of carboxylic acid groups (broad SMARTS) is 1. The van der Waals surface area contributed by atoms with Crippen LogP contribution in [-0.2, 0) is 14.3 Å². The number of aliphatic hydroxyl groups is 1. The van der Waals surface area contributed by atoms with Crippen LogP contribution < -0.4 is 0 Å². The molecular formula is C14H22O5. The number of carbonyl (C=O) groups is 1. The molecule has 0 bridgehead atoms. The molecule has 19 heavy (non-hydrogen) atoms. The van der Waals surface area contributed by atoms with Crippen molar-refractivity contribution in [1.29, 1.82) is 0 Å². The molecule has 1 heterocycles. The highest BCUT2D eigenvalue weighted by atomic mass is 16.7. The molecule has 2 aliphatic rings. The molecule has 5 nitrogen and oxygen atoms in total. The molecule has 0 aromatic carbocycles. The van der Waals surface area contributed by atoms with Crippen LogP contribution >= 0.6 is 0 Å². The molecule has 108 valence electrons. The van der Waals surface area contributed by atoms with Gasteiger partial charge in [0.1, 0.15) is 0 Å². The molecule has 1 aliphatic carbocycles. The molecule has 2 N–H and O–H groups in total. The molecule has 5 heteroatoms. The first-order valence-corrected chi connectivity index (χ1v) is 6.91. The van der Waals surface area contributed by atoms with Gasteiger partial charge in [0, 0.05) is 24.9 Å². The van der Waals surface area contributed by atoms with E-state index in [1.165, 1.54) is 0 Å². The predicted molar refractivity (Wildman–Crippen MR) is 68.5 cm³/mol. The summed E-state index contributed by atoms with van der Waals surface area (Å²) < 4.78 is 11.4. The SMILES string of the molecule is C=C[C@@H]1[C@@H](CC(=O)O)[C@@H](O)C[C@H]1OC1CCCCO1. The zero-order valence-corrected chi connectivity index (χ0v) is 11.0. The topological polar surface area (TPSA) is 76.0 Å². The van der Waals surface area contributed by atoms with Crippen molar-refractivity contribution < 1.29 is 24.5 Å². The average Bonchev–Trinajstić information content (AvgIpc) is 2.66. The maximum absolute atomic E-state index is 10.8. The highest BCUT2D eigenvalue weighted by Gasteiger charge is 2.43. The second-order valence-corrected chi connectivity index (χ2v) is 5.35. The molecule has 0 aromatic heterocycles. The van der Waals surface area contributed by atoms with E-state index >= 15 is 0 Å². The van der Waals surface area contributed by atoms with Gasteiger partial charge in [-0.25, -0.2) is 0 Å². The fourth-order valence-corrected chi connectivity index (χ4v) is 3.06. The second kappa shape index (κ2) is 6.50. The van der Waals surface area contributed by atoms with Crippen LogP contribution in [0.25, 0.3) is 0 Å². The van der Waals surface area contributed by atoms with Crippen LogP contribution in [0.5, 0.6) is 0 Å². The first kappa shape index (κ1) is 14.5. The van der Waals surface area contributed by atoms with E-state index < -0.39 is 12.1 Å². The summed E-state index contributed by atoms with van der Waals surface area (Å²) in [7, 11) is 0. The Kier molecular flexibility index (Phi) is 4.96. The van der Waals surface area contributed by atoms with E-state index in [4.69, 9.17) is 14.6 Å². The van der Waals surface area contributed by atoms with E-state index in [9.17, 15) is 9.90 Å². The quantitative estimate of drug-likeness (QED) is 0.741. The largest absolute Gasteiger partial charge is 0.481 e. The smallest absolute Gasteiger partial charge is 0.303 e. The minimum Gasteiger partial charge on any atom is -0.481 e. The van der Waals surface area contributed by atoms with Gasteiger partial charge in [0.05, 0.1) is 18.6 Å². The molecule has 1 saturated carbocycles. The van der Waals surface area contributed by atoms with Crippen molar-refractivity contribution in [3.05, 3.63) is 12.7 Å². The van der Waals surface area contributed by atoms with Crippen LogP contribution in [-0.4, -0.2) is 41.3 Å². The summed E-state index contributed by atoms with van der Waals surface area (Å²) in [5.74, 6) is -1.34. The van der Waals surface area contributed by atoms with Crippen LogP contribution in [0.1, 0.15) is 32.1 Å². The first-order valence-electron chi connectivity index (χ1n) is 6.91. The molecule has 0 radical (unpaired) electrons. The summed E-state index contributed by atoms with van der Waals surface area (Å²) in [6, 6.07) is 0. The molecule has 0 aromatic rings. The van der Waals surface area contributed by atoms with Gasteiger partial charge >= 0.3 is 5.97 Å². The highest BCUT2D eigenvalue weighted by molar-refractivity contribution is 5.67. The van der Waals surface area contributed by atoms with Crippen molar-refractivity contribution in [1.82, 2.24) is 0 Å². The van der Waals surface area contributed by atoms with Gasteiger partial charge in [0.2, 0.25) is 0 Å². The summed E-state index contributed by atoms with van der Waals surface area (Å²) in [6.07, 6.45) is 4.04. The molecular weight excluding hydrogens is 248 g/mol. The van der Waals surface area contributed by atoms with Crippen molar-refractivity contribution in [3.8, 4) is 0 Å². The monoisotopic (exact) mass is 270 g/mol. The van der Waals surface area contributed by atoms with E-state index in [0.29, 0.717) is 13.0 Å². The summed E-state index contributed by atoms with van der Waals surface area (Å²) >= 11 is 0. The molecule has 1 saturated heterocycles.